The molecule has 48 valence electrons. The largest absolute Gasteiger partial charge is 0.315 e. The monoisotopic (exact) mass is 121 g/mol. The van der Waals surface area contributed by atoms with Gasteiger partial charge in [0, 0.05) is 12.0 Å². The number of terminal acetylenes is 1. The SMILES string of the molecule is C#CC12CNCCC1C2. The number of fused-ring (bicyclic) bond motifs is 1. The van der Waals surface area contributed by atoms with E-state index >= 15 is 0 Å². The lowest BCUT2D eigenvalue weighted by atomic mass is 10.0. The van der Waals surface area contributed by atoms with Crippen LogP contribution in [0.3, 0.4) is 0 Å². The molecule has 0 spiro atoms. The number of rotatable bonds is 0. The van der Waals surface area contributed by atoms with Crippen LogP contribution >= 0.6 is 0 Å². The minimum Gasteiger partial charge on any atom is -0.315 e. The Bertz CT molecular complexity index is 168. The fourth-order valence-corrected chi connectivity index (χ4v) is 1.79. The van der Waals surface area contributed by atoms with Crippen molar-refractivity contribution in [1.29, 1.82) is 0 Å². The summed E-state index contributed by atoms with van der Waals surface area (Å²) in [6.45, 7) is 2.24. The third-order valence-electron chi connectivity index (χ3n) is 2.63. The van der Waals surface area contributed by atoms with E-state index in [1.54, 1.807) is 0 Å². The Kier molecular flexibility index (Phi) is 0.896. The van der Waals surface area contributed by atoms with Gasteiger partial charge >= 0.3 is 0 Å². The molecule has 9 heavy (non-hydrogen) atoms. The first-order valence-corrected chi connectivity index (χ1v) is 3.56. The van der Waals surface area contributed by atoms with Gasteiger partial charge in [-0.15, -0.1) is 6.42 Å². The van der Waals surface area contributed by atoms with Crippen LogP contribution in [0.2, 0.25) is 0 Å². The second-order valence-corrected chi connectivity index (χ2v) is 3.17. The number of piperidine rings is 1. The summed E-state index contributed by atoms with van der Waals surface area (Å²) >= 11 is 0. The maximum absolute atomic E-state index is 5.39. The Morgan fingerprint density at radius 1 is 1.67 bits per heavy atom. The van der Waals surface area contributed by atoms with Crippen LogP contribution in [0.25, 0.3) is 0 Å². The van der Waals surface area contributed by atoms with Crippen molar-refractivity contribution in [1.82, 2.24) is 5.32 Å². The molecule has 1 aliphatic carbocycles. The molecule has 1 aliphatic heterocycles. The lowest BCUT2D eigenvalue weighted by molar-refractivity contribution is 0.435. The zero-order valence-corrected chi connectivity index (χ0v) is 5.48. The van der Waals surface area contributed by atoms with Crippen LogP contribution in [-0.2, 0) is 0 Å². The summed E-state index contributed by atoms with van der Waals surface area (Å²) < 4.78 is 0. The van der Waals surface area contributed by atoms with Gasteiger partial charge in [0.25, 0.3) is 0 Å². The van der Waals surface area contributed by atoms with Crippen molar-refractivity contribution >= 4 is 0 Å². The van der Waals surface area contributed by atoms with Crippen LogP contribution in [0.15, 0.2) is 0 Å². The van der Waals surface area contributed by atoms with Gasteiger partial charge in [-0.25, -0.2) is 0 Å². The first-order chi connectivity index (χ1) is 4.37. The van der Waals surface area contributed by atoms with Crippen molar-refractivity contribution in [2.45, 2.75) is 12.8 Å². The maximum Gasteiger partial charge on any atom is 0.0468 e. The lowest BCUT2D eigenvalue weighted by Crippen LogP contribution is -2.30. The average molecular weight is 121 g/mol. The molecule has 0 amide bonds. The molecule has 1 saturated carbocycles. The van der Waals surface area contributed by atoms with E-state index in [0.717, 1.165) is 12.5 Å². The highest BCUT2D eigenvalue weighted by molar-refractivity contribution is 5.22. The molecule has 0 aromatic carbocycles. The molecule has 1 saturated heterocycles. The zero-order valence-electron chi connectivity index (χ0n) is 5.48. The van der Waals surface area contributed by atoms with E-state index in [2.05, 4.69) is 11.2 Å². The molecule has 1 heteroatoms. The Morgan fingerprint density at radius 2 is 2.56 bits per heavy atom. The maximum atomic E-state index is 5.39. The highest BCUT2D eigenvalue weighted by atomic mass is 14.9. The summed E-state index contributed by atoms with van der Waals surface area (Å²) in [4.78, 5) is 0. The highest BCUT2D eigenvalue weighted by Gasteiger charge is 2.53. The van der Waals surface area contributed by atoms with E-state index in [1.165, 1.54) is 19.4 Å². The average Bonchev–Trinajstić information content (AvgIpc) is 2.62. The van der Waals surface area contributed by atoms with Gasteiger partial charge in [0.2, 0.25) is 0 Å². The van der Waals surface area contributed by atoms with Gasteiger partial charge < -0.3 is 5.32 Å². The molecule has 0 aromatic rings. The minimum atomic E-state index is 0.304. The van der Waals surface area contributed by atoms with E-state index in [0.29, 0.717) is 5.41 Å². The molecule has 1 N–H and O–H groups in total. The normalized spacial score (nSPS) is 47.2. The van der Waals surface area contributed by atoms with Crippen LogP contribution in [0.1, 0.15) is 12.8 Å². The summed E-state index contributed by atoms with van der Waals surface area (Å²) in [5.74, 6) is 3.76. The molecule has 0 bridgehead atoms. The van der Waals surface area contributed by atoms with Crippen LogP contribution in [0.5, 0.6) is 0 Å². The fourth-order valence-electron chi connectivity index (χ4n) is 1.79. The lowest BCUT2D eigenvalue weighted by Gasteiger charge is -2.16. The Balaban J connectivity index is 2.11. The summed E-state index contributed by atoms with van der Waals surface area (Å²) in [5, 5.41) is 3.33. The van der Waals surface area contributed by atoms with E-state index in [9.17, 15) is 0 Å². The predicted molar refractivity (Wildman–Crippen MR) is 36.9 cm³/mol. The zero-order chi connectivity index (χ0) is 6.32. The van der Waals surface area contributed by atoms with Gasteiger partial charge in [0.15, 0.2) is 0 Å². The van der Waals surface area contributed by atoms with Crippen LogP contribution in [-0.4, -0.2) is 13.1 Å². The minimum absolute atomic E-state index is 0.304. The molecule has 0 radical (unpaired) electrons. The fraction of sp³-hybridized carbons (Fsp3) is 0.750. The predicted octanol–water partition coefficient (Wildman–Crippen LogP) is 0.619. The van der Waals surface area contributed by atoms with Crippen LogP contribution in [0.4, 0.5) is 0 Å². The Labute approximate surface area is 55.8 Å². The number of hydrogen-bond acceptors (Lipinski definition) is 1. The third kappa shape index (κ3) is 0.601. The van der Waals surface area contributed by atoms with E-state index in [1.807, 2.05) is 0 Å². The number of hydrogen-bond donors (Lipinski definition) is 1. The summed E-state index contributed by atoms with van der Waals surface area (Å²) in [6.07, 6.45) is 7.96. The van der Waals surface area contributed by atoms with Crippen molar-refractivity contribution in [3.8, 4) is 12.3 Å². The van der Waals surface area contributed by atoms with Gasteiger partial charge in [-0.1, -0.05) is 5.92 Å². The molecule has 0 aromatic heterocycles. The van der Waals surface area contributed by atoms with Crippen molar-refractivity contribution in [3.05, 3.63) is 0 Å². The summed E-state index contributed by atoms with van der Waals surface area (Å²) in [5.41, 5.74) is 0.304. The Hall–Kier alpha value is -0.480. The van der Waals surface area contributed by atoms with E-state index in [4.69, 9.17) is 6.42 Å². The van der Waals surface area contributed by atoms with E-state index < -0.39 is 0 Å². The number of nitrogens with one attached hydrogen (secondary N) is 1. The van der Waals surface area contributed by atoms with Gasteiger partial charge in [-0.3, -0.25) is 0 Å². The molecule has 2 fully saturated rings. The van der Waals surface area contributed by atoms with Crippen LogP contribution < -0.4 is 5.32 Å². The van der Waals surface area contributed by atoms with Gasteiger partial charge in [-0.05, 0) is 25.3 Å². The summed E-state index contributed by atoms with van der Waals surface area (Å²) in [7, 11) is 0. The standard InChI is InChI=1S/C8H11N/c1-2-8-5-7(8)3-4-9-6-8/h1,7,9H,3-6H2. The molecule has 2 aliphatic rings. The first-order valence-electron chi connectivity index (χ1n) is 3.56. The molecule has 2 unspecified atom stereocenters. The van der Waals surface area contributed by atoms with Crippen molar-refractivity contribution < 1.29 is 0 Å². The summed E-state index contributed by atoms with van der Waals surface area (Å²) in [6, 6.07) is 0. The molecular weight excluding hydrogens is 110 g/mol. The van der Waals surface area contributed by atoms with Crippen molar-refractivity contribution in [2.75, 3.05) is 13.1 Å². The second-order valence-electron chi connectivity index (χ2n) is 3.17. The van der Waals surface area contributed by atoms with E-state index in [-0.39, 0.29) is 0 Å². The highest BCUT2D eigenvalue weighted by Crippen LogP contribution is 2.54. The third-order valence-corrected chi connectivity index (χ3v) is 2.63. The Morgan fingerprint density at radius 3 is 3.11 bits per heavy atom. The van der Waals surface area contributed by atoms with Gasteiger partial charge in [0.1, 0.15) is 0 Å². The molecule has 1 nitrogen and oxygen atoms in total. The van der Waals surface area contributed by atoms with Crippen molar-refractivity contribution in [2.24, 2.45) is 11.3 Å². The van der Waals surface area contributed by atoms with Crippen LogP contribution in [0, 0.1) is 23.7 Å². The quantitative estimate of drug-likeness (QED) is 0.463. The van der Waals surface area contributed by atoms with Crippen molar-refractivity contribution in [3.63, 3.8) is 0 Å². The molecule has 2 rings (SSSR count). The van der Waals surface area contributed by atoms with Gasteiger partial charge in [-0.2, -0.15) is 0 Å². The topological polar surface area (TPSA) is 12.0 Å². The molecule has 1 heterocycles. The smallest absolute Gasteiger partial charge is 0.0468 e. The molecule has 2 atom stereocenters. The molecular formula is C8H11N. The van der Waals surface area contributed by atoms with Gasteiger partial charge in [0.05, 0.1) is 0 Å². The first kappa shape index (κ1) is 5.32. The second kappa shape index (κ2) is 1.52.